The molecule has 0 spiro atoms. The van der Waals surface area contributed by atoms with Gasteiger partial charge in [0, 0.05) is 57.0 Å². The van der Waals surface area contributed by atoms with Crippen LogP contribution in [0.3, 0.4) is 0 Å². The molecule has 4 aromatic rings. The molecule has 0 amide bonds. The summed E-state index contributed by atoms with van der Waals surface area (Å²) >= 11 is 2.02. The maximum Gasteiger partial charge on any atom is 0.130 e. The zero-order valence-electron chi connectivity index (χ0n) is 24.7. The second-order valence-corrected chi connectivity index (χ2v) is 14.3. The van der Waals surface area contributed by atoms with E-state index in [1.54, 1.807) is 0 Å². The molecule has 1 aliphatic carbocycles. The van der Waals surface area contributed by atoms with E-state index in [4.69, 9.17) is 9.72 Å². The number of ether oxygens (including phenoxy) is 1. The third-order valence-corrected chi connectivity index (χ3v) is 10.1. The van der Waals surface area contributed by atoms with Gasteiger partial charge in [-0.05, 0) is 60.8 Å². The van der Waals surface area contributed by atoms with Gasteiger partial charge in [0.1, 0.15) is 12.4 Å². The van der Waals surface area contributed by atoms with Crippen LogP contribution in [0.4, 0.5) is 0 Å². The predicted octanol–water partition coefficient (Wildman–Crippen LogP) is 9.38. The summed E-state index contributed by atoms with van der Waals surface area (Å²) in [5, 5.41) is 11.4. The number of rotatable bonds is 9. The maximum absolute atomic E-state index is 9.55. The molecule has 212 valence electrons. The van der Waals surface area contributed by atoms with E-state index in [1.165, 1.54) is 64.7 Å². The van der Waals surface area contributed by atoms with Gasteiger partial charge >= 0.3 is 0 Å². The Morgan fingerprint density at radius 1 is 1.02 bits per heavy atom. The standard InChI is InChI=1S/C36H41N3OS/c1-25-20-30-33(40-24-29-15-14-28(22-38-29)27-12-8-5-9-13-27)17-16-31-34(30)35(41-25)32(21-36(2,3)18-19-37)39(31)23-26-10-6-4-7-11-26/h5,8-9,12-17,22,25-26H,4,6-7,10-11,18,20-21,23-24H2,1-3H3. The lowest BCUT2D eigenvalue weighted by Gasteiger charge is -2.27. The highest BCUT2D eigenvalue weighted by Gasteiger charge is 2.32. The second-order valence-electron chi connectivity index (χ2n) is 12.8. The third kappa shape index (κ3) is 6.04. The lowest BCUT2D eigenvalue weighted by molar-refractivity contribution is 0.298. The van der Waals surface area contributed by atoms with Crippen molar-refractivity contribution in [3.8, 4) is 22.9 Å². The van der Waals surface area contributed by atoms with Crippen LogP contribution in [0.25, 0.3) is 22.0 Å². The number of benzene rings is 2. The lowest BCUT2D eigenvalue weighted by Crippen LogP contribution is -2.21. The van der Waals surface area contributed by atoms with E-state index in [0.29, 0.717) is 18.3 Å². The smallest absolute Gasteiger partial charge is 0.130 e. The minimum atomic E-state index is -0.0672. The van der Waals surface area contributed by atoms with Crippen molar-refractivity contribution in [2.75, 3.05) is 0 Å². The molecule has 5 heteroatoms. The Hall–Kier alpha value is -3.23. The van der Waals surface area contributed by atoms with Crippen LogP contribution >= 0.6 is 11.8 Å². The van der Waals surface area contributed by atoms with Crippen molar-refractivity contribution in [1.29, 1.82) is 5.26 Å². The molecule has 2 aromatic heterocycles. The van der Waals surface area contributed by atoms with E-state index in [2.05, 4.69) is 79.9 Å². The SMILES string of the molecule is CC1Cc2c(OCc3ccc(-c4ccccc4)cn3)ccc3c2c(c(CC(C)(C)CC#N)n3CC2CCCCC2)S1. The fraction of sp³-hybridized carbons (Fsp3) is 0.444. The zero-order chi connectivity index (χ0) is 28.4. The maximum atomic E-state index is 9.55. The van der Waals surface area contributed by atoms with Crippen LogP contribution in [-0.4, -0.2) is 14.8 Å². The second kappa shape index (κ2) is 11.9. The van der Waals surface area contributed by atoms with Gasteiger partial charge in [-0.25, -0.2) is 0 Å². The van der Waals surface area contributed by atoms with E-state index in [-0.39, 0.29) is 5.41 Å². The molecule has 1 saturated carbocycles. The van der Waals surface area contributed by atoms with E-state index in [1.807, 2.05) is 24.0 Å². The minimum Gasteiger partial charge on any atom is -0.487 e. The summed E-state index contributed by atoms with van der Waals surface area (Å²) in [5.41, 5.74) is 7.28. The minimum absolute atomic E-state index is 0.0672. The Morgan fingerprint density at radius 3 is 2.56 bits per heavy atom. The molecule has 6 rings (SSSR count). The molecule has 0 radical (unpaired) electrons. The summed E-state index contributed by atoms with van der Waals surface area (Å²) < 4.78 is 9.16. The fourth-order valence-corrected chi connectivity index (χ4v) is 8.02. The Balaban J connectivity index is 1.34. The van der Waals surface area contributed by atoms with Crippen molar-refractivity contribution in [2.24, 2.45) is 11.3 Å². The molecule has 0 N–H and O–H groups in total. The van der Waals surface area contributed by atoms with Crippen molar-refractivity contribution in [2.45, 2.75) is 95.4 Å². The van der Waals surface area contributed by atoms with Gasteiger partial charge in [-0.2, -0.15) is 5.26 Å². The molecule has 3 heterocycles. The van der Waals surface area contributed by atoms with E-state index < -0.39 is 0 Å². The van der Waals surface area contributed by atoms with Gasteiger partial charge in [0.2, 0.25) is 0 Å². The number of thioether (sulfide) groups is 1. The molecule has 1 aliphatic heterocycles. The monoisotopic (exact) mass is 563 g/mol. The molecule has 2 aromatic carbocycles. The van der Waals surface area contributed by atoms with Gasteiger partial charge in [0.25, 0.3) is 0 Å². The number of pyridine rings is 1. The van der Waals surface area contributed by atoms with Crippen LogP contribution in [0, 0.1) is 22.7 Å². The first-order valence-electron chi connectivity index (χ1n) is 15.3. The van der Waals surface area contributed by atoms with Crippen molar-refractivity contribution < 1.29 is 4.74 Å². The Kier molecular flexibility index (Phi) is 8.13. The Morgan fingerprint density at radius 2 is 1.83 bits per heavy atom. The topological polar surface area (TPSA) is 50.8 Å². The van der Waals surface area contributed by atoms with Gasteiger partial charge in [-0.3, -0.25) is 4.98 Å². The summed E-state index contributed by atoms with van der Waals surface area (Å²) in [4.78, 5) is 6.14. The molecule has 1 atom stereocenters. The molecule has 4 nitrogen and oxygen atoms in total. The van der Waals surface area contributed by atoms with Crippen molar-refractivity contribution in [3.63, 3.8) is 0 Å². The van der Waals surface area contributed by atoms with Crippen LogP contribution in [0.5, 0.6) is 5.75 Å². The highest BCUT2D eigenvalue weighted by Crippen LogP contribution is 2.48. The normalized spacial score (nSPS) is 17.5. The van der Waals surface area contributed by atoms with Gasteiger partial charge in [-0.1, -0.05) is 76.4 Å². The van der Waals surface area contributed by atoms with Crippen molar-refractivity contribution >= 4 is 22.7 Å². The summed E-state index contributed by atoms with van der Waals surface area (Å²) in [6, 6.07) is 21.5. The highest BCUT2D eigenvalue weighted by molar-refractivity contribution is 8.00. The summed E-state index contributed by atoms with van der Waals surface area (Å²) in [5.74, 6) is 1.72. The molecule has 1 fully saturated rings. The number of nitrogens with zero attached hydrogens (tertiary/aromatic N) is 3. The average molecular weight is 564 g/mol. The highest BCUT2D eigenvalue weighted by atomic mass is 32.2. The predicted molar refractivity (Wildman–Crippen MR) is 169 cm³/mol. The first kappa shape index (κ1) is 27.9. The number of aromatic nitrogens is 2. The summed E-state index contributed by atoms with van der Waals surface area (Å²) in [6.07, 6.45) is 11.1. The number of nitriles is 1. The van der Waals surface area contributed by atoms with Crippen LogP contribution in [0.2, 0.25) is 0 Å². The Labute approximate surface area is 249 Å². The Bertz CT molecular complexity index is 1540. The zero-order valence-corrected chi connectivity index (χ0v) is 25.5. The van der Waals surface area contributed by atoms with Crippen LogP contribution in [-0.2, 0) is 26.0 Å². The quantitative estimate of drug-likeness (QED) is 0.204. The number of hydrogen-bond donors (Lipinski definition) is 0. The summed E-state index contributed by atoms with van der Waals surface area (Å²) in [7, 11) is 0. The van der Waals surface area contributed by atoms with Crippen molar-refractivity contribution in [3.05, 3.63) is 77.7 Å². The molecule has 1 unspecified atom stereocenters. The fourth-order valence-electron chi connectivity index (χ4n) is 6.71. The van der Waals surface area contributed by atoms with E-state index >= 15 is 0 Å². The van der Waals surface area contributed by atoms with Gasteiger partial charge in [0.15, 0.2) is 0 Å². The van der Waals surface area contributed by atoms with E-state index in [9.17, 15) is 5.26 Å². The summed E-state index contributed by atoms with van der Waals surface area (Å²) in [6.45, 7) is 8.36. The molecule has 2 aliphatic rings. The molecule has 0 saturated heterocycles. The van der Waals surface area contributed by atoms with Crippen molar-refractivity contribution in [1.82, 2.24) is 9.55 Å². The first-order chi connectivity index (χ1) is 19.9. The van der Waals surface area contributed by atoms with Gasteiger partial charge in [-0.15, -0.1) is 11.8 Å². The van der Waals surface area contributed by atoms with Crippen LogP contribution in [0.1, 0.15) is 76.2 Å². The van der Waals surface area contributed by atoms with E-state index in [0.717, 1.165) is 42.3 Å². The third-order valence-electron chi connectivity index (χ3n) is 8.84. The lowest BCUT2D eigenvalue weighted by atomic mass is 9.84. The van der Waals surface area contributed by atoms with Gasteiger partial charge < -0.3 is 9.30 Å². The molecule has 41 heavy (non-hydrogen) atoms. The first-order valence-corrected chi connectivity index (χ1v) is 16.1. The molecular weight excluding hydrogens is 522 g/mol. The van der Waals surface area contributed by atoms with Gasteiger partial charge in [0.05, 0.1) is 11.8 Å². The average Bonchev–Trinajstić information content (AvgIpc) is 3.25. The van der Waals surface area contributed by atoms with Crippen LogP contribution in [0.15, 0.2) is 65.7 Å². The van der Waals surface area contributed by atoms with Crippen LogP contribution < -0.4 is 4.74 Å². The molecule has 0 bridgehead atoms. The molecular formula is C36H41N3OS. The number of hydrogen-bond acceptors (Lipinski definition) is 4. The largest absolute Gasteiger partial charge is 0.487 e.